The highest BCUT2D eigenvalue weighted by atomic mass is 32.2. The third kappa shape index (κ3) is 2.59. The van der Waals surface area contributed by atoms with Crippen LogP contribution in [0, 0.1) is 13.8 Å². The second kappa shape index (κ2) is 5.38. The van der Waals surface area contributed by atoms with Crippen LogP contribution in [0.15, 0.2) is 27.6 Å². The Labute approximate surface area is 134 Å². The lowest BCUT2D eigenvalue weighted by Gasteiger charge is -2.15. The summed E-state index contributed by atoms with van der Waals surface area (Å²) in [5, 5.41) is 3.67. The minimum Gasteiger partial charge on any atom is -0.360 e. The minimum absolute atomic E-state index is 0.0215. The third-order valence-electron chi connectivity index (χ3n) is 3.82. The second-order valence-electron chi connectivity index (χ2n) is 5.42. The SMILES string of the molecule is CCN1C(=O)Cc2cc(NS(=O)(=O)c3c(C)noc3C)ccc21. The van der Waals surface area contributed by atoms with Crippen LogP contribution in [-0.4, -0.2) is 26.0 Å². The quantitative estimate of drug-likeness (QED) is 0.922. The van der Waals surface area contributed by atoms with Crippen molar-refractivity contribution >= 4 is 27.3 Å². The van der Waals surface area contributed by atoms with E-state index in [0.717, 1.165) is 11.3 Å². The summed E-state index contributed by atoms with van der Waals surface area (Å²) in [4.78, 5) is 13.6. The maximum absolute atomic E-state index is 12.5. The van der Waals surface area contributed by atoms with Crippen molar-refractivity contribution in [3.63, 3.8) is 0 Å². The summed E-state index contributed by atoms with van der Waals surface area (Å²) in [5.74, 6) is 0.261. The molecule has 0 spiro atoms. The summed E-state index contributed by atoms with van der Waals surface area (Å²) in [7, 11) is -3.79. The maximum Gasteiger partial charge on any atom is 0.267 e. The lowest BCUT2D eigenvalue weighted by molar-refractivity contribution is -0.117. The summed E-state index contributed by atoms with van der Waals surface area (Å²) in [6.45, 7) is 5.62. The number of hydrogen-bond donors (Lipinski definition) is 1. The van der Waals surface area contributed by atoms with Gasteiger partial charge < -0.3 is 9.42 Å². The monoisotopic (exact) mass is 335 g/mol. The number of fused-ring (bicyclic) bond motifs is 1. The molecule has 23 heavy (non-hydrogen) atoms. The van der Waals surface area contributed by atoms with Crippen molar-refractivity contribution in [1.82, 2.24) is 5.16 Å². The van der Waals surface area contributed by atoms with Crippen LogP contribution in [0.3, 0.4) is 0 Å². The molecule has 0 saturated carbocycles. The van der Waals surface area contributed by atoms with Gasteiger partial charge in [0.15, 0.2) is 10.7 Å². The highest BCUT2D eigenvalue weighted by Crippen LogP contribution is 2.32. The van der Waals surface area contributed by atoms with Gasteiger partial charge in [-0.1, -0.05) is 5.16 Å². The van der Waals surface area contributed by atoms with Gasteiger partial charge in [-0.25, -0.2) is 8.42 Å². The number of nitrogens with one attached hydrogen (secondary N) is 1. The van der Waals surface area contributed by atoms with E-state index in [-0.39, 0.29) is 23.0 Å². The van der Waals surface area contributed by atoms with Crippen molar-refractivity contribution in [2.24, 2.45) is 0 Å². The third-order valence-corrected chi connectivity index (χ3v) is 5.44. The fourth-order valence-electron chi connectivity index (χ4n) is 2.86. The predicted octanol–water partition coefficient (Wildman–Crippen LogP) is 2.00. The van der Waals surface area contributed by atoms with Crippen LogP contribution >= 0.6 is 0 Å². The van der Waals surface area contributed by atoms with E-state index in [1.807, 2.05) is 6.92 Å². The molecule has 0 bridgehead atoms. The zero-order valence-corrected chi connectivity index (χ0v) is 13.9. The van der Waals surface area contributed by atoms with Crippen LogP contribution in [0.5, 0.6) is 0 Å². The van der Waals surface area contributed by atoms with Gasteiger partial charge >= 0.3 is 0 Å². The molecule has 0 saturated heterocycles. The Hall–Kier alpha value is -2.35. The number of carbonyl (C=O) groups is 1. The molecule has 2 aromatic rings. The summed E-state index contributed by atoms with van der Waals surface area (Å²) in [5.41, 5.74) is 2.37. The minimum atomic E-state index is -3.79. The number of anilines is 2. The van der Waals surface area contributed by atoms with E-state index in [2.05, 4.69) is 9.88 Å². The van der Waals surface area contributed by atoms with Gasteiger partial charge in [-0.3, -0.25) is 9.52 Å². The number of rotatable bonds is 4. The average Bonchev–Trinajstić information content (AvgIpc) is 2.96. The number of likely N-dealkylation sites (N-methyl/N-ethyl adjacent to an activating group) is 1. The molecule has 0 radical (unpaired) electrons. The Morgan fingerprint density at radius 2 is 2.09 bits per heavy atom. The maximum atomic E-state index is 12.5. The first-order valence-electron chi connectivity index (χ1n) is 7.22. The second-order valence-corrected chi connectivity index (χ2v) is 7.04. The highest BCUT2D eigenvalue weighted by molar-refractivity contribution is 7.92. The summed E-state index contributed by atoms with van der Waals surface area (Å²) < 4.78 is 32.4. The predicted molar refractivity (Wildman–Crippen MR) is 85.0 cm³/mol. The van der Waals surface area contributed by atoms with Crippen molar-refractivity contribution in [3.8, 4) is 0 Å². The molecule has 1 aromatic heterocycles. The topological polar surface area (TPSA) is 92.5 Å². The number of amides is 1. The van der Waals surface area contributed by atoms with Crippen LogP contribution in [0.2, 0.25) is 0 Å². The van der Waals surface area contributed by atoms with Gasteiger partial charge in [0.2, 0.25) is 5.91 Å². The van der Waals surface area contributed by atoms with Crippen LogP contribution in [0.25, 0.3) is 0 Å². The molecule has 0 atom stereocenters. The van der Waals surface area contributed by atoms with Crippen LogP contribution < -0.4 is 9.62 Å². The molecule has 3 rings (SSSR count). The fraction of sp³-hybridized carbons (Fsp3) is 0.333. The van der Waals surface area contributed by atoms with E-state index >= 15 is 0 Å². The summed E-state index contributed by atoms with van der Waals surface area (Å²) in [6, 6.07) is 5.10. The Kier molecular flexibility index (Phi) is 3.63. The lowest BCUT2D eigenvalue weighted by Crippen LogP contribution is -2.25. The van der Waals surface area contributed by atoms with Crippen LogP contribution in [-0.2, 0) is 21.2 Å². The van der Waals surface area contributed by atoms with E-state index in [4.69, 9.17) is 4.52 Å². The van der Waals surface area contributed by atoms with E-state index in [1.54, 1.807) is 36.9 Å². The molecule has 0 aliphatic carbocycles. The fourth-order valence-corrected chi connectivity index (χ4v) is 4.24. The van der Waals surface area contributed by atoms with Gasteiger partial charge in [-0.15, -0.1) is 0 Å². The van der Waals surface area contributed by atoms with Crippen molar-refractivity contribution in [2.45, 2.75) is 32.1 Å². The number of benzene rings is 1. The van der Waals surface area contributed by atoms with Gasteiger partial charge in [0.1, 0.15) is 5.69 Å². The first kappa shape index (κ1) is 15.5. The number of aromatic nitrogens is 1. The van der Waals surface area contributed by atoms with Crippen molar-refractivity contribution in [3.05, 3.63) is 35.2 Å². The van der Waals surface area contributed by atoms with Gasteiger partial charge in [0.05, 0.1) is 6.42 Å². The van der Waals surface area contributed by atoms with Crippen molar-refractivity contribution in [1.29, 1.82) is 0 Å². The zero-order valence-electron chi connectivity index (χ0n) is 13.1. The zero-order chi connectivity index (χ0) is 16.8. The average molecular weight is 335 g/mol. The smallest absolute Gasteiger partial charge is 0.267 e. The highest BCUT2D eigenvalue weighted by Gasteiger charge is 2.28. The van der Waals surface area contributed by atoms with Gasteiger partial charge in [0, 0.05) is 17.9 Å². The van der Waals surface area contributed by atoms with E-state index in [9.17, 15) is 13.2 Å². The van der Waals surface area contributed by atoms with E-state index in [0.29, 0.717) is 17.9 Å². The van der Waals surface area contributed by atoms with E-state index in [1.165, 1.54) is 0 Å². The molecule has 1 aliphatic rings. The Morgan fingerprint density at radius 3 is 2.70 bits per heavy atom. The number of aryl methyl sites for hydroxylation is 2. The molecular weight excluding hydrogens is 318 g/mol. The molecule has 1 amide bonds. The summed E-state index contributed by atoms with van der Waals surface area (Å²) >= 11 is 0. The van der Waals surface area contributed by atoms with Gasteiger partial charge in [0.25, 0.3) is 10.0 Å². The lowest BCUT2D eigenvalue weighted by atomic mass is 10.1. The summed E-state index contributed by atoms with van der Waals surface area (Å²) in [6.07, 6.45) is 0.282. The van der Waals surface area contributed by atoms with Crippen molar-refractivity contribution in [2.75, 3.05) is 16.2 Å². The van der Waals surface area contributed by atoms with E-state index < -0.39 is 10.0 Å². The molecule has 122 valence electrons. The first-order chi connectivity index (χ1) is 10.8. The first-order valence-corrected chi connectivity index (χ1v) is 8.70. The molecule has 1 aromatic carbocycles. The molecule has 1 aliphatic heterocycles. The number of carbonyl (C=O) groups excluding carboxylic acids is 1. The standard InChI is InChI=1S/C15H17N3O4S/c1-4-18-13-6-5-12(7-11(13)8-14(18)19)17-23(20,21)15-9(2)16-22-10(15)3/h5-7,17H,4,8H2,1-3H3. The molecule has 7 nitrogen and oxygen atoms in total. The Balaban J connectivity index is 1.93. The molecule has 1 N–H and O–H groups in total. The number of hydrogen-bond acceptors (Lipinski definition) is 5. The molecular formula is C15H17N3O4S. The van der Waals surface area contributed by atoms with Gasteiger partial charge in [-0.2, -0.15) is 0 Å². The van der Waals surface area contributed by atoms with Crippen molar-refractivity contribution < 1.29 is 17.7 Å². The molecule has 0 unspecified atom stereocenters. The van der Waals surface area contributed by atoms with Gasteiger partial charge in [-0.05, 0) is 44.5 Å². The molecule has 0 fully saturated rings. The normalized spacial score (nSPS) is 14.2. The molecule has 8 heteroatoms. The van der Waals surface area contributed by atoms with Crippen LogP contribution in [0.4, 0.5) is 11.4 Å². The Bertz CT molecular complexity index is 867. The largest absolute Gasteiger partial charge is 0.360 e. The number of nitrogens with zero attached hydrogens (tertiary/aromatic N) is 2. The Morgan fingerprint density at radius 1 is 1.35 bits per heavy atom. The number of sulfonamides is 1. The molecule has 2 heterocycles. The van der Waals surface area contributed by atoms with Crippen LogP contribution in [0.1, 0.15) is 23.9 Å².